The number of pyridine rings is 1. The Morgan fingerprint density at radius 1 is 0.452 bits per heavy atom. The first-order valence-corrected chi connectivity index (χ1v) is 46.5. The number of allylic oxidation sites excluding steroid dienone is 3. The van der Waals surface area contributed by atoms with Gasteiger partial charge in [0.2, 0.25) is 0 Å². The number of carbonyl (C=O) groups excluding carboxylic acids is 5. The number of anilines is 1. The topological polar surface area (TPSA) is 263 Å². The molecule has 0 saturated heterocycles. The van der Waals surface area contributed by atoms with Gasteiger partial charge < -0.3 is 44.4 Å². The zero-order valence-electron chi connectivity index (χ0n) is 75.5. The van der Waals surface area contributed by atoms with Crippen LogP contribution in [0.2, 0.25) is 15.1 Å². The smallest absolute Gasteiger partial charge is 0.274 e. The number of benzene rings is 4. The lowest BCUT2D eigenvalue weighted by Gasteiger charge is -2.37. The third kappa shape index (κ3) is 28.3. The molecule has 4 aromatic carbocycles. The number of H-pyrrole nitrogens is 2. The molecule has 26 heteroatoms. The van der Waals surface area contributed by atoms with Gasteiger partial charge in [-0.2, -0.15) is 10.2 Å². The van der Waals surface area contributed by atoms with E-state index in [0.29, 0.717) is 103 Å². The third-order valence-electron chi connectivity index (χ3n) is 25.3. The van der Waals surface area contributed by atoms with Gasteiger partial charge in [0, 0.05) is 143 Å². The molecule has 3 aromatic heterocycles. The van der Waals surface area contributed by atoms with Crippen LogP contribution in [0.25, 0.3) is 0 Å². The average Bonchev–Trinajstić information content (AvgIpc) is 1.51. The fourth-order valence-electron chi connectivity index (χ4n) is 18.1. The van der Waals surface area contributed by atoms with E-state index in [9.17, 15) is 28.4 Å². The highest BCUT2D eigenvalue weighted by Crippen LogP contribution is 2.37. The minimum atomic E-state index is -0.286. The Bertz CT molecular complexity index is 4960. The number of carbonyl (C=O) groups is 5. The maximum Gasteiger partial charge on any atom is 0.274 e. The molecule has 0 unspecified atom stereocenters. The predicted octanol–water partition coefficient (Wildman–Crippen LogP) is 20.2. The second-order valence-electron chi connectivity index (χ2n) is 35.4. The van der Waals surface area contributed by atoms with Crippen molar-refractivity contribution in [2.45, 2.75) is 285 Å². The summed E-state index contributed by atoms with van der Waals surface area (Å²) in [6.07, 6.45) is 28.8. The molecule has 8 aliphatic rings. The summed E-state index contributed by atoms with van der Waals surface area (Å²) < 4.78 is 31.3. The summed E-state index contributed by atoms with van der Waals surface area (Å²) in [5.74, 6) is 1.34. The summed E-state index contributed by atoms with van der Waals surface area (Å²) in [7, 11) is 1.74. The quantitative estimate of drug-likeness (QED) is 0.0451. The molecule has 0 atom stereocenters. The van der Waals surface area contributed by atoms with Crippen molar-refractivity contribution in [3.8, 4) is 0 Å². The summed E-state index contributed by atoms with van der Waals surface area (Å²) in [5.41, 5.74) is 18.7. The number of nitrogens with zero attached hydrogens (tertiary/aromatic N) is 11. The Hall–Kier alpha value is -9.49. The minimum Gasteiger partial charge on any atom is -0.399 e. The van der Waals surface area contributed by atoms with E-state index < -0.39 is 0 Å². The Kier molecular flexibility index (Phi) is 37.1. The van der Waals surface area contributed by atoms with E-state index >= 15 is 0 Å². The fourth-order valence-corrected chi connectivity index (χ4v) is 18.7. The number of aliphatic imine (C=N–C) groups is 3. The van der Waals surface area contributed by atoms with Gasteiger partial charge in [0.25, 0.3) is 29.5 Å². The number of nitrogens with one attached hydrogen (secondary N) is 2. The van der Waals surface area contributed by atoms with E-state index in [-0.39, 0.29) is 78.3 Å². The highest BCUT2D eigenvalue weighted by molar-refractivity contribution is 6.32. The zero-order valence-corrected chi connectivity index (χ0v) is 77.8. The number of rotatable bonds is 25. The molecule has 4 N–H and O–H groups in total. The minimum absolute atomic E-state index is 0.0656. The Morgan fingerprint density at radius 2 is 0.833 bits per heavy atom. The summed E-state index contributed by atoms with van der Waals surface area (Å²) in [4.78, 5) is 92.8. The number of aromatic nitrogens is 5. The SMILES string of the molecule is CC1=NCC(C(=O)N(Cc2cccc(N)c2)C2CCC(C)CC2)=C1.CC1=NCC(C(=O)N(Cc2ccccc2Cl)C2CCC(C)CC2)=C1.CC1=NCC(C(=O)N(Cc2ccccc2Cl)C2CCC(OC(C)C)CC2)=C1.CCOC1CCC(N(Cc2ccccc2F)C(=O)c2cc(C)[nH]n2)CC1.COC1CCC(N(Cc2ncccc2Cl)C(=O)c2cc(C)[nH]n2)CC1. The number of nitrogens with two attached hydrogens (primary N) is 1. The van der Waals surface area contributed by atoms with Gasteiger partial charge >= 0.3 is 0 Å². The van der Waals surface area contributed by atoms with Crippen molar-refractivity contribution in [1.29, 1.82) is 0 Å². The van der Waals surface area contributed by atoms with Crippen LogP contribution in [0.15, 0.2) is 177 Å². The first-order chi connectivity index (χ1) is 60.7. The van der Waals surface area contributed by atoms with Gasteiger partial charge in [-0.1, -0.05) is 115 Å². The van der Waals surface area contributed by atoms with Crippen LogP contribution >= 0.6 is 34.8 Å². The summed E-state index contributed by atoms with van der Waals surface area (Å²) in [5, 5.41) is 15.9. The number of hydrogen-bond acceptors (Lipinski definition) is 15. The van der Waals surface area contributed by atoms with Gasteiger partial charge in [0.15, 0.2) is 0 Å². The molecule has 5 aliphatic carbocycles. The van der Waals surface area contributed by atoms with Crippen LogP contribution in [0, 0.1) is 31.5 Å². The summed E-state index contributed by atoms with van der Waals surface area (Å²) >= 11 is 19.0. The van der Waals surface area contributed by atoms with Crippen molar-refractivity contribution >= 4 is 87.2 Å². The number of aryl methyl sites for hydroxylation is 2. The lowest BCUT2D eigenvalue weighted by Crippen LogP contribution is -2.44. The average molecular weight is 1780 g/mol. The molecule has 7 aromatic rings. The van der Waals surface area contributed by atoms with Crippen LogP contribution in [0.3, 0.4) is 0 Å². The van der Waals surface area contributed by atoms with Crippen LogP contribution < -0.4 is 5.73 Å². The Morgan fingerprint density at radius 3 is 1.21 bits per heavy atom. The van der Waals surface area contributed by atoms with Crippen LogP contribution in [0.1, 0.15) is 244 Å². The van der Waals surface area contributed by atoms with Crippen LogP contribution in [0.4, 0.5) is 10.1 Å². The highest BCUT2D eigenvalue weighted by Gasteiger charge is 2.38. The van der Waals surface area contributed by atoms with E-state index in [0.717, 1.165) is 187 Å². The van der Waals surface area contributed by atoms with Gasteiger partial charge in [-0.25, -0.2) is 4.39 Å². The van der Waals surface area contributed by atoms with Crippen molar-refractivity contribution in [1.82, 2.24) is 49.9 Å². The largest absolute Gasteiger partial charge is 0.399 e. The van der Waals surface area contributed by atoms with Crippen LogP contribution in [0.5, 0.6) is 0 Å². The van der Waals surface area contributed by atoms with Gasteiger partial charge in [-0.3, -0.25) is 54.1 Å². The number of halogens is 4. The van der Waals surface area contributed by atoms with Crippen LogP contribution in [-0.4, -0.2) is 185 Å². The van der Waals surface area contributed by atoms with E-state index in [1.54, 1.807) is 60.7 Å². The number of amides is 5. The van der Waals surface area contributed by atoms with Gasteiger partial charge in [0.05, 0.1) is 61.3 Å². The Balaban J connectivity index is 0.000000153. The van der Waals surface area contributed by atoms with Crippen LogP contribution in [-0.2, 0) is 61.3 Å². The van der Waals surface area contributed by atoms with E-state index in [2.05, 4.69) is 73.0 Å². The number of ether oxygens (including phenoxy) is 3. The first kappa shape index (κ1) is 97.1. The lowest BCUT2D eigenvalue weighted by molar-refractivity contribution is -0.132. The number of methoxy groups -OCH3 is 1. The summed E-state index contributed by atoms with van der Waals surface area (Å²) in [6, 6.07) is 38.2. The van der Waals surface area contributed by atoms with Gasteiger partial charge in [0.1, 0.15) is 17.2 Å². The number of nitrogen functional groups attached to an aromatic ring is 1. The molecule has 5 saturated carbocycles. The maximum absolute atomic E-state index is 14.2. The monoisotopic (exact) mass is 1780 g/mol. The summed E-state index contributed by atoms with van der Waals surface area (Å²) in [6.45, 7) is 24.9. The standard InChI is InChI=1S/C22H29ClN2O2.C20H25ClN2O.C20H26FN3O2.C20H27N3O.C18H23ClN4O2/c1-15(2)27-20-10-8-19(9-11-20)25(14-17-6-4-5-7-21(17)23)22(26)18-12-16(3)24-13-18;1-14-7-9-18(10-8-14)23(13-16-5-3-4-6-19(16)21)20(24)17-11-15(2)22-12-17;1-3-26-17-10-8-16(9-11-17)24(13-15-6-4-5-7-18(15)21)20(25)19-12-14(2)22-23-19;1-14-6-8-19(9-7-14)23(13-16-4-3-5-18(21)11-16)20(24)17-10-15(2)22-12-17;1-12-10-16(22-21-12)18(24)23(11-17-15(19)4-3-9-20-17)13-5-7-14(25-2)8-6-13/h4-7,12,15,19-20H,8-11,13-14H2,1-3H3;3-6,11,14,18H,7-10,12-13H2,1-2H3;4-7,12,16-17H,3,8-11,13H2,1-2H3,(H,22,23);3-5,10-11,14,19H,6-9,12-13,21H2,1-2H3;3-4,9-10,13-14H,5-8,11H2,1-2H3,(H,21,22). The second-order valence-corrected chi connectivity index (χ2v) is 36.6. The second kappa shape index (κ2) is 48.1. The van der Waals surface area contributed by atoms with Crippen molar-refractivity contribution in [3.05, 3.63) is 234 Å². The molecule has 676 valence electrons. The molecule has 126 heavy (non-hydrogen) atoms. The normalized spacial score (nSPS) is 22.0. The molecule has 5 fully saturated rings. The van der Waals surface area contributed by atoms with Gasteiger partial charge in [-0.05, 0) is 285 Å². The third-order valence-corrected chi connectivity index (χ3v) is 26.4. The maximum atomic E-state index is 14.2. The molecule has 0 bridgehead atoms. The molecular weight excluding hydrogens is 1650 g/mol. The molecule has 5 amide bonds. The number of hydrogen-bond donors (Lipinski definition) is 3. The van der Waals surface area contributed by atoms with Crippen molar-refractivity contribution in [2.24, 2.45) is 26.8 Å². The van der Waals surface area contributed by atoms with Crippen molar-refractivity contribution < 1.29 is 42.6 Å². The molecule has 3 aliphatic heterocycles. The fraction of sp³-hybridized carbons (Fsp3) is 0.510. The molecule has 15 rings (SSSR count). The molecular formula is C100H130Cl3FN14O8. The van der Waals surface area contributed by atoms with Gasteiger partial charge in [-0.15, -0.1) is 0 Å². The molecule has 0 radical (unpaired) electrons. The molecule has 6 heterocycles. The van der Waals surface area contributed by atoms with Crippen molar-refractivity contribution in [3.63, 3.8) is 0 Å². The van der Waals surface area contributed by atoms with E-state index in [4.69, 9.17) is 54.7 Å². The molecule has 22 nitrogen and oxygen atoms in total. The number of aromatic amines is 2. The highest BCUT2D eigenvalue weighted by atomic mass is 35.5. The van der Waals surface area contributed by atoms with E-state index in [1.807, 2.05) is 147 Å². The van der Waals surface area contributed by atoms with Crippen molar-refractivity contribution in [2.75, 3.05) is 39.1 Å². The molecule has 0 spiro atoms. The lowest BCUT2D eigenvalue weighted by atomic mass is 9.86. The van der Waals surface area contributed by atoms with E-state index in [1.165, 1.54) is 31.7 Å². The Labute approximate surface area is 759 Å². The zero-order chi connectivity index (χ0) is 89.9. The first-order valence-electron chi connectivity index (χ1n) is 45.3. The predicted molar refractivity (Wildman–Crippen MR) is 501 cm³/mol.